The van der Waals surface area contributed by atoms with Crippen molar-refractivity contribution in [1.29, 1.82) is 0 Å². The summed E-state index contributed by atoms with van der Waals surface area (Å²) in [5.74, 6) is -0.0627. The molecule has 21 heavy (non-hydrogen) atoms. The fourth-order valence-corrected chi connectivity index (χ4v) is 2.22. The van der Waals surface area contributed by atoms with Gasteiger partial charge in [-0.15, -0.1) is 0 Å². The molecule has 6 heteroatoms. The molecule has 116 valence electrons. The molecule has 1 aromatic carbocycles. The maximum Gasteiger partial charge on any atom is 0.409 e. The van der Waals surface area contributed by atoms with Crippen molar-refractivity contribution in [3.8, 4) is 5.75 Å². The minimum atomic E-state index is -0.343. The van der Waals surface area contributed by atoms with Gasteiger partial charge in [-0.3, -0.25) is 4.90 Å². The number of ether oxygens (including phenoxy) is 2. The van der Waals surface area contributed by atoms with E-state index in [1.165, 1.54) is 6.07 Å². The van der Waals surface area contributed by atoms with E-state index in [0.29, 0.717) is 32.8 Å². The third-order valence-corrected chi connectivity index (χ3v) is 3.40. The fourth-order valence-electron chi connectivity index (χ4n) is 2.22. The molecule has 1 aliphatic rings. The van der Waals surface area contributed by atoms with Crippen LogP contribution in [0.5, 0.6) is 5.75 Å². The molecule has 5 nitrogen and oxygen atoms in total. The van der Waals surface area contributed by atoms with Crippen molar-refractivity contribution in [2.24, 2.45) is 0 Å². The highest BCUT2D eigenvalue weighted by Gasteiger charge is 2.21. The first-order chi connectivity index (χ1) is 10.2. The van der Waals surface area contributed by atoms with E-state index >= 15 is 0 Å². The van der Waals surface area contributed by atoms with Crippen LogP contribution >= 0.6 is 0 Å². The van der Waals surface area contributed by atoms with Gasteiger partial charge in [0.05, 0.1) is 6.61 Å². The van der Waals surface area contributed by atoms with E-state index in [2.05, 4.69) is 4.90 Å². The Kier molecular flexibility index (Phi) is 5.80. The lowest BCUT2D eigenvalue weighted by Crippen LogP contribution is -2.49. The van der Waals surface area contributed by atoms with Crippen LogP contribution in [0.15, 0.2) is 24.3 Å². The topological polar surface area (TPSA) is 42.0 Å². The average molecular weight is 296 g/mol. The van der Waals surface area contributed by atoms with Gasteiger partial charge in [-0.05, 0) is 19.1 Å². The van der Waals surface area contributed by atoms with E-state index in [1.54, 1.807) is 30.0 Å². The van der Waals surface area contributed by atoms with E-state index in [4.69, 9.17) is 9.47 Å². The number of carbonyl (C=O) groups is 1. The zero-order chi connectivity index (χ0) is 15.1. The minimum Gasteiger partial charge on any atom is -0.489 e. The number of hydrogen-bond donors (Lipinski definition) is 0. The fraction of sp³-hybridized carbons (Fsp3) is 0.533. The molecule has 0 aliphatic carbocycles. The SMILES string of the molecule is CCOC(=O)N1CCN(CCOc2ccccc2F)CC1. The van der Waals surface area contributed by atoms with Crippen molar-refractivity contribution in [2.45, 2.75) is 6.92 Å². The smallest absolute Gasteiger partial charge is 0.409 e. The molecule has 1 fully saturated rings. The largest absolute Gasteiger partial charge is 0.489 e. The summed E-state index contributed by atoms with van der Waals surface area (Å²) < 4.78 is 23.8. The Balaban J connectivity index is 1.67. The van der Waals surface area contributed by atoms with Crippen molar-refractivity contribution in [2.75, 3.05) is 45.9 Å². The summed E-state index contributed by atoms with van der Waals surface area (Å²) >= 11 is 0. The number of amides is 1. The average Bonchev–Trinajstić information content (AvgIpc) is 2.50. The van der Waals surface area contributed by atoms with Crippen molar-refractivity contribution in [3.05, 3.63) is 30.1 Å². The van der Waals surface area contributed by atoms with E-state index in [0.717, 1.165) is 13.1 Å². The highest BCUT2D eigenvalue weighted by atomic mass is 19.1. The maximum atomic E-state index is 13.4. The van der Waals surface area contributed by atoms with Crippen molar-refractivity contribution < 1.29 is 18.7 Å². The molecule has 0 N–H and O–H groups in total. The van der Waals surface area contributed by atoms with Gasteiger partial charge < -0.3 is 14.4 Å². The zero-order valence-electron chi connectivity index (χ0n) is 12.3. The van der Waals surface area contributed by atoms with Crippen LogP contribution in [0.4, 0.5) is 9.18 Å². The van der Waals surface area contributed by atoms with Gasteiger partial charge in [-0.1, -0.05) is 12.1 Å². The van der Waals surface area contributed by atoms with Crippen LogP contribution in [0.25, 0.3) is 0 Å². The summed E-state index contributed by atoms with van der Waals surface area (Å²) in [7, 11) is 0. The summed E-state index contributed by atoms with van der Waals surface area (Å²) in [6.45, 7) is 6.20. The molecular weight excluding hydrogens is 275 g/mol. The molecular formula is C15H21FN2O3. The number of hydrogen-bond acceptors (Lipinski definition) is 4. The maximum absolute atomic E-state index is 13.4. The molecule has 1 amide bonds. The second kappa shape index (κ2) is 7.83. The number of halogens is 1. The summed E-state index contributed by atoms with van der Waals surface area (Å²) in [6, 6.07) is 6.38. The molecule has 2 rings (SSSR count). The first-order valence-electron chi connectivity index (χ1n) is 7.22. The molecule has 0 bridgehead atoms. The number of piperazine rings is 1. The Morgan fingerprint density at radius 3 is 2.62 bits per heavy atom. The number of carbonyl (C=O) groups excluding carboxylic acids is 1. The van der Waals surface area contributed by atoms with Gasteiger partial charge in [0.25, 0.3) is 0 Å². The second-order valence-electron chi connectivity index (χ2n) is 4.81. The van der Waals surface area contributed by atoms with Crippen molar-refractivity contribution in [3.63, 3.8) is 0 Å². The normalized spacial score (nSPS) is 15.8. The van der Waals surface area contributed by atoms with Crippen LogP contribution in [0.2, 0.25) is 0 Å². The first-order valence-corrected chi connectivity index (χ1v) is 7.22. The number of benzene rings is 1. The van der Waals surface area contributed by atoms with Gasteiger partial charge in [-0.2, -0.15) is 0 Å². The van der Waals surface area contributed by atoms with Crippen molar-refractivity contribution >= 4 is 6.09 Å². The molecule has 1 aromatic rings. The lowest BCUT2D eigenvalue weighted by atomic mass is 10.3. The van der Waals surface area contributed by atoms with Crippen LogP contribution in [-0.4, -0.2) is 61.8 Å². The summed E-state index contributed by atoms with van der Waals surface area (Å²) in [5.41, 5.74) is 0. The Hall–Kier alpha value is -1.82. The number of rotatable bonds is 5. The predicted molar refractivity (Wildman–Crippen MR) is 76.9 cm³/mol. The summed E-state index contributed by atoms with van der Waals surface area (Å²) in [6.07, 6.45) is -0.250. The molecule has 0 radical (unpaired) electrons. The molecule has 1 heterocycles. The summed E-state index contributed by atoms with van der Waals surface area (Å²) in [5, 5.41) is 0. The monoisotopic (exact) mass is 296 g/mol. The molecule has 0 atom stereocenters. The lowest BCUT2D eigenvalue weighted by Gasteiger charge is -2.33. The van der Waals surface area contributed by atoms with E-state index < -0.39 is 0 Å². The molecule has 1 aliphatic heterocycles. The Labute approximate surface area is 124 Å². The highest BCUT2D eigenvalue weighted by molar-refractivity contribution is 5.67. The third kappa shape index (κ3) is 4.60. The molecule has 0 unspecified atom stereocenters. The number of para-hydroxylation sites is 1. The molecule has 1 saturated heterocycles. The molecule has 0 saturated carbocycles. The van der Waals surface area contributed by atoms with Gasteiger partial charge in [0.2, 0.25) is 0 Å². The standard InChI is InChI=1S/C15H21FN2O3/c1-2-20-15(19)18-9-7-17(8-10-18)11-12-21-14-6-4-3-5-13(14)16/h3-6H,2,7-12H2,1H3. The van der Waals surface area contributed by atoms with Crippen LogP contribution < -0.4 is 4.74 Å². The minimum absolute atomic E-state index is 0.250. The Bertz CT molecular complexity index is 462. The molecule has 0 spiro atoms. The summed E-state index contributed by atoms with van der Waals surface area (Å²) in [4.78, 5) is 15.5. The quantitative estimate of drug-likeness (QED) is 0.833. The van der Waals surface area contributed by atoms with Gasteiger partial charge in [0.15, 0.2) is 11.6 Å². The van der Waals surface area contributed by atoms with Gasteiger partial charge in [0, 0.05) is 32.7 Å². The highest BCUT2D eigenvalue weighted by Crippen LogP contribution is 2.15. The van der Waals surface area contributed by atoms with E-state index in [1.807, 2.05) is 0 Å². The Morgan fingerprint density at radius 1 is 1.24 bits per heavy atom. The zero-order valence-corrected chi connectivity index (χ0v) is 12.3. The van der Waals surface area contributed by atoms with Gasteiger partial charge >= 0.3 is 6.09 Å². The van der Waals surface area contributed by atoms with Gasteiger partial charge in [0.1, 0.15) is 6.61 Å². The lowest BCUT2D eigenvalue weighted by molar-refractivity contribution is 0.0755. The first kappa shape index (κ1) is 15.6. The second-order valence-corrected chi connectivity index (χ2v) is 4.81. The van der Waals surface area contributed by atoms with Crippen molar-refractivity contribution in [1.82, 2.24) is 9.80 Å². The number of nitrogens with zero attached hydrogens (tertiary/aromatic N) is 2. The predicted octanol–water partition coefficient (Wildman–Crippen LogP) is 1.98. The van der Waals surface area contributed by atoms with Crippen LogP contribution in [0.3, 0.4) is 0 Å². The van der Waals surface area contributed by atoms with Crippen LogP contribution in [-0.2, 0) is 4.74 Å². The van der Waals surface area contributed by atoms with Crippen LogP contribution in [0.1, 0.15) is 6.92 Å². The Morgan fingerprint density at radius 2 is 1.95 bits per heavy atom. The van der Waals surface area contributed by atoms with E-state index in [9.17, 15) is 9.18 Å². The van der Waals surface area contributed by atoms with E-state index in [-0.39, 0.29) is 17.7 Å². The van der Waals surface area contributed by atoms with Crippen LogP contribution in [0, 0.1) is 5.82 Å². The van der Waals surface area contributed by atoms with Gasteiger partial charge in [-0.25, -0.2) is 9.18 Å². The third-order valence-electron chi connectivity index (χ3n) is 3.40. The molecule has 0 aromatic heterocycles.